The van der Waals surface area contributed by atoms with Crippen molar-refractivity contribution >= 4 is 21.8 Å². The minimum absolute atomic E-state index is 0.0382. The van der Waals surface area contributed by atoms with Crippen molar-refractivity contribution in [3.63, 3.8) is 0 Å². The Morgan fingerprint density at radius 2 is 2.00 bits per heavy atom. The number of phenols is 1. The molecule has 1 amide bonds. The molecule has 3 aliphatic carbocycles. The Morgan fingerprint density at radius 1 is 1.19 bits per heavy atom. The van der Waals surface area contributed by atoms with E-state index >= 15 is 0 Å². The predicted octanol–water partition coefficient (Wildman–Crippen LogP) is 3.79. The number of phenolic OH excluding ortho intramolecular Hbond substituents is 1. The largest absolute Gasteiger partial charge is 0.504 e. The van der Waals surface area contributed by atoms with E-state index < -0.39 is 11.0 Å². The topological polar surface area (TPSA) is 73.2 Å². The molecule has 36 heavy (non-hydrogen) atoms. The van der Waals surface area contributed by atoms with Crippen molar-refractivity contribution in [3.8, 4) is 11.5 Å². The van der Waals surface area contributed by atoms with Crippen LogP contribution in [0.1, 0.15) is 48.8 Å². The van der Waals surface area contributed by atoms with Gasteiger partial charge < -0.3 is 19.8 Å². The van der Waals surface area contributed by atoms with Crippen LogP contribution in [0, 0.1) is 5.92 Å². The average Bonchev–Trinajstić information content (AvgIpc) is 3.60. The van der Waals surface area contributed by atoms with E-state index in [1.165, 1.54) is 18.4 Å². The van der Waals surface area contributed by atoms with Gasteiger partial charge in [-0.1, -0.05) is 40.2 Å². The number of benzene rings is 2. The van der Waals surface area contributed by atoms with E-state index in [2.05, 4.69) is 20.8 Å². The van der Waals surface area contributed by atoms with Gasteiger partial charge in [-0.15, -0.1) is 0 Å². The number of hydrogen-bond donors (Lipinski definition) is 2. The van der Waals surface area contributed by atoms with Gasteiger partial charge in [0.2, 0.25) is 5.91 Å². The number of carbonyl (C=O) groups excluding carboxylic acids is 1. The molecule has 0 aromatic heterocycles. The van der Waals surface area contributed by atoms with Crippen LogP contribution in [0.2, 0.25) is 0 Å². The molecule has 2 aromatic rings. The molecule has 2 heterocycles. The lowest BCUT2D eigenvalue weighted by atomic mass is 9.48. The molecule has 2 bridgehead atoms. The van der Waals surface area contributed by atoms with Crippen molar-refractivity contribution in [2.24, 2.45) is 5.92 Å². The van der Waals surface area contributed by atoms with Crippen LogP contribution in [0.25, 0.3) is 0 Å². The van der Waals surface area contributed by atoms with Crippen LogP contribution < -0.4 is 4.74 Å². The summed E-state index contributed by atoms with van der Waals surface area (Å²) in [6.07, 6.45) is 5.38. The first-order chi connectivity index (χ1) is 17.3. The molecule has 3 fully saturated rings. The zero-order valence-electron chi connectivity index (χ0n) is 20.6. The zero-order chi connectivity index (χ0) is 24.8. The average molecular weight is 553 g/mol. The number of halogens is 1. The number of carbonyl (C=O) groups is 1. The molecular formula is C29H33BrN2O4. The third-order valence-electron chi connectivity index (χ3n) is 9.92. The maximum Gasteiger partial charge on any atom is 0.227 e. The second-order valence-corrected chi connectivity index (χ2v) is 12.5. The molecule has 6 nitrogen and oxygen atoms in total. The van der Waals surface area contributed by atoms with Crippen LogP contribution >= 0.6 is 15.9 Å². The van der Waals surface area contributed by atoms with E-state index in [-0.39, 0.29) is 29.8 Å². The number of aliphatic hydroxyl groups is 1. The molecule has 1 saturated heterocycles. The van der Waals surface area contributed by atoms with Gasteiger partial charge in [-0.2, -0.15) is 0 Å². The molecule has 0 unspecified atom stereocenters. The number of rotatable bonds is 5. The fourth-order valence-electron chi connectivity index (χ4n) is 7.97. The molecule has 2 aromatic carbocycles. The molecule has 5 atom stereocenters. The van der Waals surface area contributed by atoms with E-state index in [0.29, 0.717) is 25.0 Å². The normalized spacial score (nSPS) is 34.1. The summed E-state index contributed by atoms with van der Waals surface area (Å²) >= 11 is 3.57. The number of amides is 1. The lowest BCUT2D eigenvalue weighted by molar-refractivity contribution is -0.200. The number of hydrogen-bond acceptors (Lipinski definition) is 5. The lowest BCUT2D eigenvalue weighted by Crippen LogP contribution is -2.78. The minimum Gasteiger partial charge on any atom is -0.504 e. The standard InChI is InChI=1S/C29H33BrN2O4/c1-31(24(34)15-18-4-2-3-5-20(18)30)21-10-11-29(35)23-14-19-8-9-22(33)26-25(19)28(29,27(21)36-26)12-13-32(23)16-17-6-7-17/h2-5,8-9,17,21,23,27,33,35H,6-7,10-16H2,1H3/t21-,23+,27-,28-,29+/m0/s1. The highest BCUT2D eigenvalue weighted by Gasteiger charge is 2.73. The Kier molecular flexibility index (Phi) is 5.09. The van der Waals surface area contributed by atoms with Crippen LogP contribution in [-0.4, -0.2) is 69.8 Å². The Labute approximate surface area is 220 Å². The molecular weight excluding hydrogens is 520 g/mol. The summed E-state index contributed by atoms with van der Waals surface area (Å²) in [6.45, 7) is 1.97. The first kappa shape index (κ1) is 23.1. The van der Waals surface area contributed by atoms with E-state index in [1.807, 2.05) is 42.3 Å². The Balaban J connectivity index is 1.27. The SMILES string of the molecule is CN(C(=O)Cc1ccccc1Br)[C@H]1CC[C@@]2(O)[C@H]3Cc4ccc(O)c5c4[C@@]2(CCN3CC2CC2)[C@H]1O5. The van der Waals surface area contributed by atoms with Crippen LogP contribution in [0.15, 0.2) is 40.9 Å². The number of ether oxygens (including phenoxy) is 1. The summed E-state index contributed by atoms with van der Waals surface area (Å²) in [4.78, 5) is 17.9. The van der Waals surface area contributed by atoms with Crippen LogP contribution in [0.4, 0.5) is 0 Å². The van der Waals surface area contributed by atoms with Gasteiger partial charge in [0.15, 0.2) is 11.5 Å². The second-order valence-electron chi connectivity index (χ2n) is 11.7. The van der Waals surface area contributed by atoms with Crippen molar-refractivity contribution in [2.75, 3.05) is 20.1 Å². The van der Waals surface area contributed by atoms with Crippen molar-refractivity contribution in [3.05, 3.63) is 57.6 Å². The summed E-state index contributed by atoms with van der Waals surface area (Å²) in [7, 11) is 1.88. The van der Waals surface area contributed by atoms with Gasteiger partial charge in [0, 0.05) is 29.7 Å². The highest BCUT2D eigenvalue weighted by Crippen LogP contribution is 2.66. The van der Waals surface area contributed by atoms with Gasteiger partial charge in [-0.25, -0.2) is 0 Å². The number of aromatic hydroxyl groups is 1. The highest BCUT2D eigenvalue weighted by atomic mass is 79.9. The number of likely N-dealkylation sites (N-methyl/N-ethyl adjacent to an activating group) is 1. The van der Waals surface area contributed by atoms with Crippen molar-refractivity contribution < 1.29 is 19.7 Å². The fourth-order valence-corrected chi connectivity index (χ4v) is 8.39. The van der Waals surface area contributed by atoms with E-state index in [0.717, 1.165) is 47.4 Å². The minimum atomic E-state index is -0.931. The second kappa shape index (κ2) is 7.95. The van der Waals surface area contributed by atoms with Gasteiger partial charge in [0.1, 0.15) is 6.10 Å². The van der Waals surface area contributed by atoms with Crippen LogP contribution in [0.3, 0.4) is 0 Å². The molecule has 5 aliphatic rings. The summed E-state index contributed by atoms with van der Waals surface area (Å²) < 4.78 is 7.56. The van der Waals surface area contributed by atoms with Gasteiger partial charge in [0.05, 0.1) is 23.5 Å². The van der Waals surface area contributed by atoms with Gasteiger partial charge in [0.25, 0.3) is 0 Å². The van der Waals surface area contributed by atoms with Crippen molar-refractivity contribution in [1.82, 2.24) is 9.80 Å². The molecule has 2 N–H and O–H groups in total. The third-order valence-corrected chi connectivity index (χ3v) is 10.7. The summed E-state index contributed by atoms with van der Waals surface area (Å²) in [5, 5.41) is 23.4. The van der Waals surface area contributed by atoms with Crippen molar-refractivity contribution in [2.45, 2.75) is 74.1 Å². The Bertz CT molecular complexity index is 1250. The number of piperidine rings is 1. The molecule has 7 rings (SSSR count). The molecule has 2 saturated carbocycles. The quantitative estimate of drug-likeness (QED) is 0.590. The predicted molar refractivity (Wildman–Crippen MR) is 139 cm³/mol. The molecule has 2 aliphatic heterocycles. The maximum atomic E-state index is 13.5. The van der Waals surface area contributed by atoms with Crippen LogP contribution in [0.5, 0.6) is 11.5 Å². The Morgan fingerprint density at radius 3 is 2.78 bits per heavy atom. The smallest absolute Gasteiger partial charge is 0.227 e. The first-order valence-electron chi connectivity index (χ1n) is 13.3. The molecule has 0 radical (unpaired) electrons. The van der Waals surface area contributed by atoms with E-state index in [1.54, 1.807) is 6.07 Å². The van der Waals surface area contributed by atoms with E-state index in [4.69, 9.17) is 4.74 Å². The van der Waals surface area contributed by atoms with Gasteiger partial charge in [-0.05, 0) is 74.2 Å². The fraction of sp³-hybridized carbons (Fsp3) is 0.552. The van der Waals surface area contributed by atoms with Crippen molar-refractivity contribution in [1.29, 1.82) is 0 Å². The molecule has 190 valence electrons. The van der Waals surface area contributed by atoms with E-state index in [9.17, 15) is 15.0 Å². The maximum absolute atomic E-state index is 13.5. The summed E-state index contributed by atoms with van der Waals surface area (Å²) in [5.41, 5.74) is 1.61. The summed E-state index contributed by atoms with van der Waals surface area (Å²) in [5.74, 6) is 1.46. The zero-order valence-corrected chi connectivity index (χ0v) is 22.2. The number of nitrogens with zero attached hydrogens (tertiary/aromatic N) is 2. The monoisotopic (exact) mass is 552 g/mol. The Hall–Kier alpha value is -2.09. The highest BCUT2D eigenvalue weighted by molar-refractivity contribution is 9.10. The van der Waals surface area contributed by atoms with Crippen LogP contribution in [-0.2, 0) is 23.1 Å². The van der Waals surface area contributed by atoms with Gasteiger partial charge >= 0.3 is 0 Å². The molecule has 7 heteroatoms. The lowest BCUT2D eigenvalue weighted by Gasteiger charge is -2.64. The number of likely N-dealkylation sites (tertiary alicyclic amines) is 1. The summed E-state index contributed by atoms with van der Waals surface area (Å²) in [6, 6.07) is 11.5. The molecule has 1 spiro atoms. The van der Waals surface area contributed by atoms with Gasteiger partial charge in [-0.3, -0.25) is 9.69 Å². The third kappa shape index (κ3) is 3.05. The first-order valence-corrected chi connectivity index (χ1v) is 14.1.